The number of anilines is 1. The van der Waals surface area contributed by atoms with E-state index < -0.39 is 11.8 Å². The van der Waals surface area contributed by atoms with E-state index in [1.54, 1.807) is 6.20 Å². The van der Waals surface area contributed by atoms with Gasteiger partial charge in [0.15, 0.2) is 0 Å². The van der Waals surface area contributed by atoms with Gasteiger partial charge in [0.05, 0.1) is 13.1 Å². The molecule has 1 aromatic heterocycles. The molecule has 1 heterocycles. The molecular formula is C14H21N5O2. The molecule has 0 spiro atoms. The molecule has 5 N–H and O–H groups in total. The van der Waals surface area contributed by atoms with E-state index >= 15 is 0 Å². The average molecular weight is 291 g/mol. The van der Waals surface area contributed by atoms with E-state index in [2.05, 4.69) is 10.3 Å². The highest BCUT2D eigenvalue weighted by Crippen LogP contribution is 2.21. The predicted octanol–water partition coefficient (Wildman–Crippen LogP) is -0.581. The standard InChI is InChI=1S/C14H21N5O2/c1-9-4-10(5-17-11-2-3-11)6-18-14(9)19(7-12(15)20)8-13(16)21/h4,6,11,17H,2-3,5,7-8H2,1H3,(H2,15,20)(H2,16,21). The number of hydrogen-bond acceptors (Lipinski definition) is 5. The molecule has 0 unspecified atom stereocenters. The van der Waals surface area contributed by atoms with Crippen LogP contribution in [0.2, 0.25) is 0 Å². The van der Waals surface area contributed by atoms with Gasteiger partial charge in [0.25, 0.3) is 0 Å². The highest BCUT2D eigenvalue weighted by Gasteiger charge is 2.20. The van der Waals surface area contributed by atoms with E-state index in [-0.39, 0.29) is 13.1 Å². The zero-order chi connectivity index (χ0) is 15.4. The van der Waals surface area contributed by atoms with Crippen molar-refractivity contribution in [3.63, 3.8) is 0 Å². The second-order valence-corrected chi connectivity index (χ2v) is 5.43. The lowest BCUT2D eigenvalue weighted by Crippen LogP contribution is -2.40. The third kappa shape index (κ3) is 4.71. The van der Waals surface area contributed by atoms with Crippen LogP contribution in [0.3, 0.4) is 0 Å². The van der Waals surface area contributed by atoms with Crippen molar-refractivity contribution in [3.05, 3.63) is 23.4 Å². The number of pyridine rings is 1. The van der Waals surface area contributed by atoms with Crippen molar-refractivity contribution >= 4 is 17.6 Å². The molecule has 21 heavy (non-hydrogen) atoms. The smallest absolute Gasteiger partial charge is 0.237 e. The number of nitrogens with zero attached hydrogens (tertiary/aromatic N) is 2. The SMILES string of the molecule is Cc1cc(CNC2CC2)cnc1N(CC(N)=O)CC(N)=O. The number of aryl methyl sites for hydroxylation is 1. The van der Waals surface area contributed by atoms with Crippen LogP contribution in [0.15, 0.2) is 12.3 Å². The van der Waals surface area contributed by atoms with Crippen LogP contribution in [0.1, 0.15) is 24.0 Å². The maximum atomic E-state index is 11.1. The van der Waals surface area contributed by atoms with Crippen molar-refractivity contribution in [1.82, 2.24) is 10.3 Å². The van der Waals surface area contributed by atoms with Gasteiger partial charge in [0, 0.05) is 18.8 Å². The van der Waals surface area contributed by atoms with Crippen molar-refractivity contribution in [1.29, 1.82) is 0 Å². The van der Waals surface area contributed by atoms with E-state index in [0.29, 0.717) is 11.9 Å². The first-order valence-corrected chi connectivity index (χ1v) is 6.96. The number of primary amides is 2. The lowest BCUT2D eigenvalue weighted by atomic mass is 10.2. The van der Waals surface area contributed by atoms with Crippen molar-refractivity contribution in [2.24, 2.45) is 11.5 Å². The fourth-order valence-electron chi connectivity index (χ4n) is 2.19. The highest BCUT2D eigenvalue weighted by molar-refractivity contribution is 5.84. The Morgan fingerprint density at radius 3 is 2.43 bits per heavy atom. The molecule has 0 atom stereocenters. The van der Waals surface area contributed by atoms with E-state index in [9.17, 15) is 9.59 Å². The molecule has 1 saturated carbocycles. The van der Waals surface area contributed by atoms with Crippen molar-refractivity contribution in [2.75, 3.05) is 18.0 Å². The summed E-state index contributed by atoms with van der Waals surface area (Å²) >= 11 is 0. The number of rotatable bonds is 8. The molecule has 0 aromatic carbocycles. The van der Waals surface area contributed by atoms with Gasteiger partial charge in [0.1, 0.15) is 5.82 Å². The summed E-state index contributed by atoms with van der Waals surface area (Å²) < 4.78 is 0. The van der Waals surface area contributed by atoms with E-state index in [1.165, 1.54) is 17.7 Å². The Labute approximate surface area is 123 Å². The normalized spacial score (nSPS) is 14.0. The van der Waals surface area contributed by atoms with Gasteiger partial charge in [-0.25, -0.2) is 4.98 Å². The van der Waals surface area contributed by atoms with Crippen LogP contribution in [-0.2, 0) is 16.1 Å². The molecule has 1 aliphatic rings. The van der Waals surface area contributed by atoms with Gasteiger partial charge < -0.3 is 21.7 Å². The number of aromatic nitrogens is 1. The van der Waals surface area contributed by atoms with Crippen molar-refractivity contribution in [2.45, 2.75) is 32.4 Å². The molecule has 0 bridgehead atoms. The minimum Gasteiger partial charge on any atom is -0.368 e. The van der Waals surface area contributed by atoms with Crippen LogP contribution < -0.4 is 21.7 Å². The number of carbonyl (C=O) groups excluding carboxylic acids is 2. The Morgan fingerprint density at radius 2 is 1.95 bits per heavy atom. The Kier molecular flexibility index (Phi) is 4.74. The van der Waals surface area contributed by atoms with Crippen LogP contribution in [0.25, 0.3) is 0 Å². The molecule has 0 radical (unpaired) electrons. The maximum absolute atomic E-state index is 11.1. The molecule has 0 saturated heterocycles. The number of hydrogen-bond donors (Lipinski definition) is 3. The largest absolute Gasteiger partial charge is 0.368 e. The molecule has 1 aliphatic carbocycles. The summed E-state index contributed by atoms with van der Waals surface area (Å²) in [6.07, 6.45) is 4.21. The van der Waals surface area contributed by atoms with Crippen LogP contribution >= 0.6 is 0 Å². The molecule has 1 aromatic rings. The summed E-state index contributed by atoms with van der Waals surface area (Å²) in [7, 11) is 0. The Bertz CT molecular complexity index is 526. The zero-order valence-electron chi connectivity index (χ0n) is 12.1. The molecule has 7 heteroatoms. The minimum atomic E-state index is -0.531. The summed E-state index contributed by atoms with van der Waals surface area (Å²) in [5.74, 6) is -0.503. The zero-order valence-corrected chi connectivity index (χ0v) is 12.1. The molecule has 114 valence electrons. The quantitative estimate of drug-likeness (QED) is 0.593. The average Bonchev–Trinajstić information content (AvgIpc) is 3.18. The Balaban J connectivity index is 2.10. The van der Waals surface area contributed by atoms with Crippen LogP contribution in [-0.4, -0.2) is 35.9 Å². The number of nitrogens with two attached hydrogens (primary N) is 2. The van der Waals surface area contributed by atoms with Crippen LogP contribution in [0, 0.1) is 6.92 Å². The predicted molar refractivity (Wildman–Crippen MR) is 79.4 cm³/mol. The lowest BCUT2D eigenvalue weighted by Gasteiger charge is -2.22. The first kappa shape index (κ1) is 15.2. The lowest BCUT2D eigenvalue weighted by molar-refractivity contribution is -0.117. The monoisotopic (exact) mass is 291 g/mol. The molecule has 7 nitrogen and oxygen atoms in total. The number of amides is 2. The summed E-state index contributed by atoms with van der Waals surface area (Å²) in [6, 6.07) is 2.62. The Hall–Kier alpha value is -2.15. The molecule has 2 rings (SSSR count). The highest BCUT2D eigenvalue weighted by atomic mass is 16.2. The molecular weight excluding hydrogens is 270 g/mol. The summed E-state index contributed by atoms with van der Waals surface area (Å²) in [4.78, 5) is 28.1. The molecule has 0 aliphatic heterocycles. The second kappa shape index (κ2) is 6.53. The Morgan fingerprint density at radius 1 is 1.33 bits per heavy atom. The van der Waals surface area contributed by atoms with Crippen LogP contribution in [0.5, 0.6) is 0 Å². The first-order chi connectivity index (χ1) is 9.95. The van der Waals surface area contributed by atoms with E-state index in [0.717, 1.165) is 17.7 Å². The summed E-state index contributed by atoms with van der Waals surface area (Å²) in [5.41, 5.74) is 12.4. The van der Waals surface area contributed by atoms with Crippen LogP contribution in [0.4, 0.5) is 5.82 Å². The fraction of sp³-hybridized carbons (Fsp3) is 0.500. The van der Waals surface area contributed by atoms with Gasteiger partial charge in [-0.2, -0.15) is 0 Å². The number of carbonyl (C=O) groups is 2. The minimum absolute atomic E-state index is 0.0869. The van der Waals surface area contributed by atoms with Gasteiger partial charge in [-0.1, -0.05) is 0 Å². The molecule has 1 fully saturated rings. The molecule has 2 amide bonds. The van der Waals surface area contributed by atoms with Crippen molar-refractivity contribution < 1.29 is 9.59 Å². The van der Waals surface area contributed by atoms with Gasteiger partial charge in [-0.15, -0.1) is 0 Å². The topological polar surface area (TPSA) is 114 Å². The van der Waals surface area contributed by atoms with Crippen molar-refractivity contribution in [3.8, 4) is 0 Å². The first-order valence-electron chi connectivity index (χ1n) is 6.96. The van der Waals surface area contributed by atoms with Gasteiger partial charge in [-0.05, 0) is 37.0 Å². The summed E-state index contributed by atoms with van der Waals surface area (Å²) in [5, 5.41) is 3.41. The van der Waals surface area contributed by atoms with E-state index in [4.69, 9.17) is 11.5 Å². The third-order valence-corrected chi connectivity index (χ3v) is 3.27. The van der Waals surface area contributed by atoms with E-state index in [1.807, 2.05) is 13.0 Å². The second-order valence-electron chi connectivity index (χ2n) is 5.43. The van der Waals surface area contributed by atoms with Gasteiger partial charge in [-0.3, -0.25) is 9.59 Å². The van der Waals surface area contributed by atoms with Gasteiger partial charge >= 0.3 is 0 Å². The maximum Gasteiger partial charge on any atom is 0.237 e. The number of nitrogens with one attached hydrogen (secondary N) is 1. The fourth-order valence-corrected chi connectivity index (χ4v) is 2.19. The third-order valence-electron chi connectivity index (χ3n) is 3.27. The summed E-state index contributed by atoms with van der Waals surface area (Å²) in [6.45, 7) is 2.48. The van der Waals surface area contributed by atoms with Gasteiger partial charge in [0.2, 0.25) is 11.8 Å².